The molecule has 1 aliphatic rings. The molecule has 0 spiro atoms. The summed E-state index contributed by atoms with van der Waals surface area (Å²) in [5.41, 5.74) is 8.51. The monoisotopic (exact) mass is 207 g/mol. The second kappa shape index (κ2) is 3.95. The third-order valence-electron chi connectivity index (χ3n) is 2.76. The molecule has 2 N–H and O–H groups in total. The van der Waals surface area contributed by atoms with Crippen LogP contribution in [0.4, 0.5) is 0 Å². The van der Waals surface area contributed by atoms with Gasteiger partial charge in [0.2, 0.25) is 0 Å². The average molecular weight is 207 g/mol. The van der Waals surface area contributed by atoms with Crippen LogP contribution in [0.25, 0.3) is 0 Å². The van der Waals surface area contributed by atoms with Crippen molar-refractivity contribution in [2.75, 3.05) is 0 Å². The van der Waals surface area contributed by atoms with Gasteiger partial charge in [0, 0.05) is 16.2 Å². The van der Waals surface area contributed by atoms with Gasteiger partial charge in [0.1, 0.15) is 0 Å². The van der Waals surface area contributed by atoms with Crippen molar-refractivity contribution in [2.24, 2.45) is 5.73 Å². The molecule has 0 aliphatic heterocycles. The van der Waals surface area contributed by atoms with E-state index >= 15 is 0 Å². The summed E-state index contributed by atoms with van der Waals surface area (Å²) in [7, 11) is 0. The van der Waals surface area contributed by atoms with E-state index < -0.39 is 0 Å². The Kier molecular flexibility index (Phi) is 2.84. The van der Waals surface area contributed by atoms with E-state index in [1.165, 1.54) is 28.9 Å². The first-order valence-electron chi connectivity index (χ1n) is 5.14. The smallest absolute Gasteiger partial charge is 0.0124 e. The van der Waals surface area contributed by atoms with Crippen LogP contribution < -0.4 is 5.73 Å². The van der Waals surface area contributed by atoms with Gasteiger partial charge in [-0.25, -0.2) is 0 Å². The van der Waals surface area contributed by atoms with E-state index in [4.69, 9.17) is 5.73 Å². The number of hydrogen-bond acceptors (Lipinski definition) is 2. The van der Waals surface area contributed by atoms with E-state index in [9.17, 15) is 0 Å². The number of thioether (sulfide) groups is 1. The van der Waals surface area contributed by atoms with E-state index in [0.29, 0.717) is 6.04 Å². The molecule has 1 fully saturated rings. The van der Waals surface area contributed by atoms with Gasteiger partial charge in [0.15, 0.2) is 0 Å². The zero-order valence-electron chi connectivity index (χ0n) is 8.79. The summed E-state index contributed by atoms with van der Waals surface area (Å²) in [6.07, 6.45) is 2.36. The third kappa shape index (κ3) is 2.12. The maximum Gasteiger partial charge on any atom is 0.0124 e. The summed E-state index contributed by atoms with van der Waals surface area (Å²) < 4.78 is 0. The first kappa shape index (κ1) is 10.1. The van der Waals surface area contributed by atoms with Crippen molar-refractivity contribution < 1.29 is 0 Å². The van der Waals surface area contributed by atoms with Crippen molar-refractivity contribution in [3.05, 3.63) is 29.3 Å². The van der Waals surface area contributed by atoms with Crippen molar-refractivity contribution in [3.63, 3.8) is 0 Å². The molecule has 1 aromatic carbocycles. The molecule has 0 aromatic heterocycles. The van der Waals surface area contributed by atoms with Gasteiger partial charge in [0.25, 0.3) is 0 Å². The summed E-state index contributed by atoms with van der Waals surface area (Å²) in [4.78, 5) is 1.42. The van der Waals surface area contributed by atoms with Crippen molar-refractivity contribution >= 4 is 11.8 Å². The zero-order valence-corrected chi connectivity index (χ0v) is 9.60. The summed E-state index contributed by atoms with van der Waals surface area (Å²) >= 11 is 1.99. The fraction of sp³-hybridized carbons (Fsp3) is 0.500. The maximum atomic E-state index is 5.77. The minimum absolute atomic E-state index is 0.457. The van der Waals surface area contributed by atoms with E-state index in [1.54, 1.807) is 0 Å². The van der Waals surface area contributed by atoms with Gasteiger partial charge in [-0.15, -0.1) is 11.8 Å². The molecule has 0 bridgehead atoms. The molecule has 0 atom stereocenters. The lowest BCUT2D eigenvalue weighted by Crippen LogP contribution is -2.38. The lowest BCUT2D eigenvalue weighted by atomic mass is 9.93. The maximum absolute atomic E-state index is 5.77. The summed E-state index contributed by atoms with van der Waals surface area (Å²) in [6.45, 7) is 4.33. The standard InChI is InChI=1S/C12H17NS/c1-8-3-4-12(9(2)5-8)14-11-6-10(13)7-11/h3-5,10-11H,6-7,13H2,1-2H3. The number of benzene rings is 1. The van der Waals surface area contributed by atoms with E-state index in [-0.39, 0.29) is 0 Å². The largest absolute Gasteiger partial charge is 0.328 e. The predicted octanol–water partition coefficient (Wildman–Crippen LogP) is 2.89. The third-order valence-corrected chi connectivity index (χ3v) is 4.19. The highest BCUT2D eigenvalue weighted by molar-refractivity contribution is 8.00. The molecule has 1 saturated carbocycles. The average Bonchev–Trinajstić information content (AvgIpc) is 2.06. The Hall–Kier alpha value is -0.470. The second-order valence-electron chi connectivity index (χ2n) is 4.24. The molecule has 0 unspecified atom stereocenters. The quantitative estimate of drug-likeness (QED) is 0.807. The molecule has 1 aromatic rings. The number of aryl methyl sites for hydroxylation is 2. The van der Waals surface area contributed by atoms with Gasteiger partial charge in [-0.2, -0.15) is 0 Å². The molecule has 14 heavy (non-hydrogen) atoms. The van der Waals surface area contributed by atoms with Gasteiger partial charge in [-0.05, 0) is 38.3 Å². The fourth-order valence-electron chi connectivity index (χ4n) is 1.81. The molecule has 1 nitrogen and oxygen atoms in total. The summed E-state index contributed by atoms with van der Waals surface area (Å²) in [5, 5.41) is 0.756. The Bertz CT molecular complexity index is 329. The van der Waals surface area contributed by atoms with Gasteiger partial charge in [-0.3, -0.25) is 0 Å². The minimum atomic E-state index is 0.457. The summed E-state index contributed by atoms with van der Waals surface area (Å²) in [6, 6.07) is 7.13. The highest BCUT2D eigenvalue weighted by atomic mass is 32.2. The molecule has 0 amide bonds. The Morgan fingerprint density at radius 3 is 2.57 bits per heavy atom. The predicted molar refractivity (Wildman–Crippen MR) is 62.8 cm³/mol. The van der Waals surface area contributed by atoms with Crippen LogP contribution in [0.3, 0.4) is 0 Å². The highest BCUT2D eigenvalue weighted by Gasteiger charge is 2.26. The van der Waals surface area contributed by atoms with Crippen molar-refractivity contribution in [3.8, 4) is 0 Å². The van der Waals surface area contributed by atoms with Gasteiger partial charge in [-0.1, -0.05) is 17.7 Å². The molecule has 2 rings (SSSR count). The first-order valence-corrected chi connectivity index (χ1v) is 6.02. The number of hydrogen-bond donors (Lipinski definition) is 1. The SMILES string of the molecule is Cc1ccc(SC2CC(N)C2)c(C)c1. The molecule has 0 radical (unpaired) electrons. The second-order valence-corrected chi connectivity index (χ2v) is 5.58. The molecule has 1 aliphatic carbocycles. The number of rotatable bonds is 2. The Labute approximate surface area is 90.1 Å². The number of nitrogens with two attached hydrogens (primary N) is 1. The van der Waals surface area contributed by atoms with Crippen molar-refractivity contribution in [1.29, 1.82) is 0 Å². The minimum Gasteiger partial charge on any atom is -0.328 e. The van der Waals surface area contributed by atoms with Crippen LogP contribution in [0.5, 0.6) is 0 Å². The molecule has 76 valence electrons. The Balaban J connectivity index is 2.02. The normalized spacial score (nSPS) is 25.9. The van der Waals surface area contributed by atoms with Crippen LogP contribution in [-0.2, 0) is 0 Å². The van der Waals surface area contributed by atoms with Gasteiger partial charge >= 0.3 is 0 Å². The topological polar surface area (TPSA) is 26.0 Å². The molecule has 2 heteroatoms. The molecule has 0 saturated heterocycles. The van der Waals surface area contributed by atoms with E-state index in [1.807, 2.05) is 11.8 Å². The van der Waals surface area contributed by atoms with Crippen LogP contribution in [0.2, 0.25) is 0 Å². The Morgan fingerprint density at radius 1 is 1.29 bits per heavy atom. The molecular formula is C12H17NS. The molecule has 0 heterocycles. The zero-order chi connectivity index (χ0) is 10.1. The Morgan fingerprint density at radius 2 is 2.00 bits per heavy atom. The van der Waals surface area contributed by atoms with Crippen LogP contribution in [-0.4, -0.2) is 11.3 Å². The van der Waals surface area contributed by atoms with Crippen LogP contribution in [0.1, 0.15) is 24.0 Å². The van der Waals surface area contributed by atoms with Gasteiger partial charge in [0.05, 0.1) is 0 Å². The van der Waals surface area contributed by atoms with Crippen LogP contribution in [0, 0.1) is 13.8 Å². The lowest BCUT2D eigenvalue weighted by molar-refractivity contribution is 0.432. The lowest BCUT2D eigenvalue weighted by Gasteiger charge is -2.32. The fourth-order valence-corrected chi connectivity index (χ4v) is 3.25. The highest BCUT2D eigenvalue weighted by Crippen LogP contribution is 2.37. The van der Waals surface area contributed by atoms with Crippen LogP contribution >= 0.6 is 11.8 Å². The van der Waals surface area contributed by atoms with E-state index in [0.717, 1.165) is 5.25 Å². The van der Waals surface area contributed by atoms with Crippen molar-refractivity contribution in [2.45, 2.75) is 42.9 Å². The molecular weight excluding hydrogens is 190 g/mol. The first-order chi connectivity index (χ1) is 6.65. The van der Waals surface area contributed by atoms with Gasteiger partial charge < -0.3 is 5.73 Å². The summed E-state index contributed by atoms with van der Waals surface area (Å²) in [5.74, 6) is 0. The van der Waals surface area contributed by atoms with E-state index in [2.05, 4.69) is 32.0 Å². The van der Waals surface area contributed by atoms with Crippen molar-refractivity contribution in [1.82, 2.24) is 0 Å². The van der Waals surface area contributed by atoms with Crippen LogP contribution in [0.15, 0.2) is 23.1 Å².